The third-order valence-electron chi connectivity index (χ3n) is 4.77. The second-order valence-corrected chi connectivity index (χ2v) is 6.74. The molecule has 1 aliphatic rings. The van der Waals surface area contributed by atoms with Crippen molar-refractivity contribution in [2.45, 2.75) is 33.6 Å². The maximum absolute atomic E-state index is 12.5. The average molecular weight is 336 g/mol. The van der Waals surface area contributed by atoms with Crippen LogP contribution >= 0.6 is 0 Å². The van der Waals surface area contributed by atoms with E-state index >= 15 is 0 Å². The number of benzene rings is 2. The fraction of sp³-hybridized carbons (Fsp3) is 0.333. The minimum absolute atomic E-state index is 0.00781. The lowest BCUT2D eigenvalue weighted by Gasteiger charge is -2.19. The van der Waals surface area contributed by atoms with Crippen molar-refractivity contribution >= 4 is 23.2 Å². The summed E-state index contributed by atoms with van der Waals surface area (Å²) in [7, 11) is 0. The van der Waals surface area contributed by atoms with Crippen molar-refractivity contribution in [3.05, 3.63) is 59.2 Å². The van der Waals surface area contributed by atoms with Crippen LogP contribution in [0.1, 0.15) is 30.0 Å². The standard InChI is InChI=1S/C21H24N2O2/c1-4-16-6-8-18(9-7-16)22-21(25)17-12-20(24)23(13-17)19-10-5-14(2)11-15(19)3/h5-11,17H,4,12-13H2,1-3H3,(H,22,25)/t17-/m0/s1. The topological polar surface area (TPSA) is 49.4 Å². The number of aryl methyl sites for hydroxylation is 3. The van der Waals surface area contributed by atoms with Crippen LogP contribution in [-0.4, -0.2) is 18.4 Å². The van der Waals surface area contributed by atoms with Crippen LogP contribution in [0.4, 0.5) is 11.4 Å². The molecule has 1 atom stereocenters. The molecule has 2 amide bonds. The molecule has 25 heavy (non-hydrogen) atoms. The first-order valence-electron chi connectivity index (χ1n) is 8.75. The van der Waals surface area contributed by atoms with Gasteiger partial charge in [-0.15, -0.1) is 0 Å². The van der Waals surface area contributed by atoms with Crippen LogP contribution in [0.3, 0.4) is 0 Å². The minimum atomic E-state index is -0.320. The van der Waals surface area contributed by atoms with Gasteiger partial charge in [-0.1, -0.05) is 36.8 Å². The van der Waals surface area contributed by atoms with E-state index in [1.165, 1.54) is 5.56 Å². The zero-order chi connectivity index (χ0) is 18.0. The van der Waals surface area contributed by atoms with E-state index in [9.17, 15) is 9.59 Å². The molecule has 1 aliphatic heterocycles. The first-order chi connectivity index (χ1) is 12.0. The number of carbonyl (C=O) groups is 2. The maximum Gasteiger partial charge on any atom is 0.229 e. The molecule has 0 unspecified atom stereocenters. The van der Waals surface area contributed by atoms with E-state index in [2.05, 4.69) is 18.3 Å². The Hall–Kier alpha value is -2.62. The Bertz CT molecular complexity index is 796. The lowest BCUT2D eigenvalue weighted by molar-refractivity contribution is -0.122. The molecule has 4 nitrogen and oxygen atoms in total. The van der Waals surface area contributed by atoms with Gasteiger partial charge in [-0.05, 0) is 49.6 Å². The molecule has 0 aromatic heterocycles. The van der Waals surface area contributed by atoms with E-state index in [1.807, 2.05) is 50.2 Å². The number of rotatable bonds is 4. The zero-order valence-corrected chi connectivity index (χ0v) is 15.0. The second-order valence-electron chi connectivity index (χ2n) is 6.74. The van der Waals surface area contributed by atoms with Crippen LogP contribution < -0.4 is 10.2 Å². The van der Waals surface area contributed by atoms with Crippen LogP contribution in [0.25, 0.3) is 0 Å². The highest BCUT2D eigenvalue weighted by Crippen LogP contribution is 2.29. The van der Waals surface area contributed by atoms with Gasteiger partial charge in [-0.3, -0.25) is 9.59 Å². The third-order valence-corrected chi connectivity index (χ3v) is 4.77. The Morgan fingerprint density at radius 3 is 2.52 bits per heavy atom. The van der Waals surface area contributed by atoms with Crippen molar-refractivity contribution in [2.75, 3.05) is 16.8 Å². The van der Waals surface area contributed by atoms with Gasteiger partial charge >= 0.3 is 0 Å². The van der Waals surface area contributed by atoms with E-state index in [0.717, 1.165) is 28.9 Å². The molecular weight excluding hydrogens is 312 g/mol. The third kappa shape index (κ3) is 3.73. The summed E-state index contributed by atoms with van der Waals surface area (Å²) in [6.45, 7) is 6.56. The number of amides is 2. The molecule has 0 saturated carbocycles. The molecule has 1 saturated heterocycles. The van der Waals surface area contributed by atoms with Gasteiger partial charge in [0.1, 0.15) is 0 Å². The maximum atomic E-state index is 12.5. The summed E-state index contributed by atoms with van der Waals surface area (Å²) in [6, 6.07) is 13.9. The highest BCUT2D eigenvalue weighted by molar-refractivity contribution is 6.03. The van der Waals surface area contributed by atoms with Gasteiger partial charge in [0.05, 0.1) is 5.92 Å². The zero-order valence-electron chi connectivity index (χ0n) is 15.0. The second kappa shape index (κ2) is 7.09. The van der Waals surface area contributed by atoms with E-state index in [4.69, 9.17) is 0 Å². The lowest BCUT2D eigenvalue weighted by atomic mass is 10.1. The Morgan fingerprint density at radius 1 is 1.16 bits per heavy atom. The van der Waals surface area contributed by atoms with Gasteiger partial charge in [-0.2, -0.15) is 0 Å². The van der Waals surface area contributed by atoms with Gasteiger partial charge in [-0.25, -0.2) is 0 Å². The van der Waals surface area contributed by atoms with E-state index in [0.29, 0.717) is 6.54 Å². The smallest absolute Gasteiger partial charge is 0.229 e. The molecular formula is C21H24N2O2. The van der Waals surface area contributed by atoms with Crippen LogP contribution in [0.5, 0.6) is 0 Å². The first-order valence-corrected chi connectivity index (χ1v) is 8.75. The summed E-state index contributed by atoms with van der Waals surface area (Å²) >= 11 is 0. The van der Waals surface area contributed by atoms with Crippen molar-refractivity contribution < 1.29 is 9.59 Å². The molecule has 0 radical (unpaired) electrons. The molecule has 0 bridgehead atoms. The van der Waals surface area contributed by atoms with Crippen molar-refractivity contribution in [3.63, 3.8) is 0 Å². The van der Waals surface area contributed by atoms with Gasteiger partial charge in [0.25, 0.3) is 0 Å². The van der Waals surface area contributed by atoms with Crippen LogP contribution in [-0.2, 0) is 16.0 Å². The SMILES string of the molecule is CCc1ccc(NC(=O)[C@H]2CC(=O)N(c3ccc(C)cc3C)C2)cc1. The number of hydrogen-bond donors (Lipinski definition) is 1. The minimum Gasteiger partial charge on any atom is -0.326 e. The molecule has 3 rings (SSSR count). The Balaban J connectivity index is 1.69. The predicted molar refractivity (Wildman–Crippen MR) is 101 cm³/mol. The first kappa shape index (κ1) is 17.2. The lowest BCUT2D eigenvalue weighted by Crippen LogP contribution is -2.28. The highest BCUT2D eigenvalue weighted by Gasteiger charge is 2.35. The Kier molecular flexibility index (Phi) is 4.88. The molecule has 0 spiro atoms. The van der Waals surface area contributed by atoms with E-state index < -0.39 is 0 Å². The van der Waals surface area contributed by atoms with Crippen molar-refractivity contribution in [1.82, 2.24) is 0 Å². The van der Waals surface area contributed by atoms with Gasteiger partial charge in [0.2, 0.25) is 11.8 Å². The number of hydrogen-bond acceptors (Lipinski definition) is 2. The normalized spacial score (nSPS) is 17.0. The molecule has 2 aromatic rings. The predicted octanol–water partition coefficient (Wildman–Crippen LogP) is 3.86. The molecule has 130 valence electrons. The number of anilines is 2. The molecule has 4 heteroatoms. The van der Waals surface area contributed by atoms with Crippen LogP contribution in [0.15, 0.2) is 42.5 Å². The fourth-order valence-electron chi connectivity index (χ4n) is 3.29. The Morgan fingerprint density at radius 2 is 1.88 bits per heavy atom. The fourth-order valence-corrected chi connectivity index (χ4v) is 3.29. The quantitative estimate of drug-likeness (QED) is 0.922. The van der Waals surface area contributed by atoms with Gasteiger partial charge in [0.15, 0.2) is 0 Å². The average Bonchev–Trinajstić information content (AvgIpc) is 2.97. The Labute approximate surface area is 148 Å². The summed E-state index contributed by atoms with van der Waals surface area (Å²) in [6.07, 6.45) is 1.22. The molecule has 2 aromatic carbocycles. The summed E-state index contributed by atoms with van der Waals surface area (Å²) in [5.41, 5.74) is 5.13. The summed E-state index contributed by atoms with van der Waals surface area (Å²) in [5, 5.41) is 2.93. The summed E-state index contributed by atoms with van der Waals surface area (Å²) < 4.78 is 0. The van der Waals surface area contributed by atoms with Crippen molar-refractivity contribution in [3.8, 4) is 0 Å². The van der Waals surface area contributed by atoms with Crippen molar-refractivity contribution in [1.29, 1.82) is 0 Å². The van der Waals surface area contributed by atoms with E-state index in [1.54, 1.807) is 4.90 Å². The number of nitrogens with zero attached hydrogens (tertiary/aromatic N) is 1. The number of nitrogens with one attached hydrogen (secondary N) is 1. The summed E-state index contributed by atoms with van der Waals surface area (Å²) in [4.78, 5) is 26.7. The monoisotopic (exact) mass is 336 g/mol. The van der Waals surface area contributed by atoms with Crippen molar-refractivity contribution in [2.24, 2.45) is 5.92 Å². The van der Waals surface area contributed by atoms with Gasteiger partial charge in [0, 0.05) is 24.3 Å². The van der Waals surface area contributed by atoms with Gasteiger partial charge < -0.3 is 10.2 Å². The largest absolute Gasteiger partial charge is 0.326 e. The summed E-state index contributed by atoms with van der Waals surface area (Å²) in [5.74, 6) is -0.405. The molecule has 0 aliphatic carbocycles. The molecule has 1 fully saturated rings. The number of carbonyl (C=O) groups excluding carboxylic acids is 2. The molecule has 1 heterocycles. The highest BCUT2D eigenvalue weighted by atomic mass is 16.2. The van der Waals surface area contributed by atoms with E-state index in [-0.39, 0.29) is 24.2 Å². The molecule has 1 N–H and O–H groups in total. The van der Waals surface area contributed by atoms with Crippen LogP contribution in [0.2, 0.25) is 0 Å². The van der Waals surface area contributed by atoms with Crippen LogP contribution in [0, 0.1) is 19.8 Å².